The number of nitrogens with zero attached hydrogens (tertiary/aromatic N) is 4. The Kier molecular flexibility index (Phi) is 3.36. The molecule has 86 valence electrons. The Bertz CT molecular complexity index is 538. The highest BCUT2D eigenvalue weighted by atomic mass is 15.1. The maximum absolute atomic E-state index is 8.86. The standard InChI is InChI=1S/C12H13N5/c1-2-14-10-3-4-15-11(7-10)9-17-6-5-16-12(17)8-13/h3-7H,2,9H2,1H3,(H,14,15). The Morgan fingerprint density at radius 2 is 2.29 bits per heavy atom. The molecule has 2 heterocycles. The van der Waals surface area contributed by atoms with E-state index < -0.39 is 0 Å². The van der Waals surface area contributed by atoms with Gasteiger partial charge in [0.1, 0.15) is 6.07 Å². The zero-order chi connectivity index (χ0) is 12.1. The van der Waals surface area contributed by atoms with Gasteiger partial charge >= 0.3 is 0 Å². The molecule has 0 atom stereocenters. The summed E-state index contributed by atoms with van der Waals surface area (Å²) < 4.78 is 1.78. The number of anilines is 1. The van der Waals surface area contributed by atoms with Gasteiger partial charge < -0.3 is 9.88 Å². The van der Waals surface area contributed by atoms with Crippen LogP contribution in [-0.2, 0) is 6.54 Å². The van der Waals surface area contributed by atoms with E-state index in [2.05, 4.69) is 15.3 Å². The zero-order valence-corrected chi connectivity index (χ0v) is 9.59. The summed E-state index contributed by atoms with van der Waals surface area (Å²) in [5, 5.41) is 12.1. The smallest absolute Gasteiger partial charge is 0.213 e. The lowest BCUT2D eigenvalue weighted by Gasteiger charge is -2.06. The topological polar surface area (TPSA) is 66.5 Å². The van der Waals surface area contributed by atoms with Crippen LogP contribution in [0.1, 0.15) is 18.4 Å². The average molecular weight is 227 g/mol. The lowest BCUT2D eigenvalue weighted by atomic mass is 10.3. The van der Waals surface area contributed by atoms with Crippen molar-refractivity contribution < 1.29 is 0 Å². The molecule has 0 saturated carbocycles. The Hall–Kier alpha value is -2.35. The molecular weight excluding hydrogens is 214 g/mol. The van der Waals surface area contributed by atoms with Crippen molar-refractivity contribution in [3.8, 4) is 6.07 Å². The zero-order valence-electron chi connectivity index (χ0n) is 9.59. The molecule has 0 saturated heterocycles. The fraction of sp³-hybridized carbons (Fsp3) is 0.250. The van der Waals surface area contributed by atoms with Crippen molar-refractivity contribution in [3.05, 3.63) is 42.2 Å². The van der Waals surface area contributed by atoms with Crippen molar-refractivity contribution in [1.82, 2.24) is 14.5 Å². The van der Waals surface area contributed by atoms with Gasteiger partial charge in [-0.05, 0) is 19.1 Å². The minimum atomic E-state index is 0.403. The highest BCUT2D eigenvalue weighted by Crippen LogP contribution is 2.09. The third-order valence-electron chi connectivity index (χ3n) is 2.35. The van der Waals surface area contributed by atoms with E-state index in [4.69, 9.17) is 5.26 Å². The summed E-state index contributed by atoms with van der Waals surface area (Å²) in [7, 11) is 0. The quantitative estimate of drug-likeness (QED) is 0.862. The van der Waals surface area contributed by atoms with Crippen molar-refractivity contribution in [1.29, 1.82) is 5.26 Å². The third-order valence-corrected chi connectivity index (χ3v) is 2.35. The molecule has 0 amide bonds. The number of imidazole rings is 1. The molecule has 0 bridgehead atoms. The van der Waals surface area contributed by atoms with E-state index in [0.717, 1.165) is 17.9 Å². The summed E-state index contributed by atoms with van der Waals surface area (Å²) >= 11 is 0. The minimum absolute atomic E-state index is 0.403. The van der Waals surface area contributed by atoms with E-state index in [1.54, 1.807) is 23.2 Å². The third kappa shape index (κ3) is 2.61. The molecule has 0 aliphatic rings. The molecule has 0 fully saturated rings. The lowest BCUT2D eigenvalue weighted by molar-refractivity contribution is 0.760. The highest BCUT2D eigenvalue weighted by Gasteiger charge is 2.03. The number of hydrogen-bond donors (Lipinski definition) is 1. The van der Waals surface area contributed by atoms with Crippen LogP contribution in [0.3, 0.4) is 0 Å². The minimum Gasteiger partial charge on any atom is -0.385 e. The number of pyridine rings is 1. The molecule has 1 N–H and O–H groups in total. The van der Waals surface area contributed by atoms with Crippen LogP contribution >= 0.6 is 0 Å². The molecule has 2 aromatic heterocycles. The maximum atomic E-state index is 8.86. The van der Waals surface area contributed by atoms with Crippen molar-refractivity contribution in [2.24, 2.45) is 0 Å². The summed E-state index contributed by atoms with van der Waals surface area (Å²) in [6.07, 6.45) is 5.16. The van der Waals surface area contributed by atoms with Gasteiger partial charge in [-0.2, -0.15) is 5.26 Å². The molecule has 0 radical (unpaired) electrons. The van der Waals surface area contributed by atoms with Crippen molar-refractivity contribution >= 4 is 5.69 Å². The number of hydrogen-bond acceptors (Lipinski definition) is 4. The summed E-state index contributed by atoms with van der Waals surface area (Å²) in [6.45, 7) is 3.48. The first kappa shape index (κ1) is 11.1. The van der Waals surface area contributed by atoms with E-state index in [0.29, 0.717) is 12.4 Å². The first-order chi connectivity index (χ1) is 8.33. The van der Waals surface area contributed by atoms with E-state index in [9.17, 15) is 0 Å². The summed E-state index contributed by atoms with van der Waals surface area (Å²) in [6, 6.07) is 5.94. The maximum Gasteiger partial charge on any atom is 0.213 e. The van der Waals surface area contributed by atoms with E-state index >= 15 is 0 Å². The lowest BCUT2D eigenvalue weighted by Crippen LogP contribution is -2.04. The average Bonchev–Trinajstić information content (AvgIpc) is 2.77. The first-order valence-corrected chi connectivity index (χ1v) is 5.43. The van der Waals surface area contributed by atoms with Crippen LogP contribution in [0.25, 0.3) is 0 Å². The number of nitrogens with one attached hydrogen (secondary N) is 1. The molecule has 0 spiro atoms. The van der Waals surface area contributed by atoms with Gasteiger partial charge in [-0.15, -0.1) is 0 Å². The summed E-state index contributed by atoms with van der Waals surface area (Å²) in [5.41, 5.74) is 1.94. The highest BCUT2D eigenvalue weighted by molar-refractivity contribution is 5.43. The predicted octanol–water partition coefficient (Wildman–Crippen LogP) is 1.63. The van der Waals surface area contributed by atoms with Crippen molar-refractivity contribution in [2.75, 3.05) is 11.9 Å². The molecular formula is C12H13N5. The Labute approximate surface area is 99.7 Å². The molecule has 17 heavy (non-hydrogen) atoms. The van der Waals surface area contributed by atoms with Gasteiger partial charge in [0, 0.05) is 30.8 Å². The fourth-order valence-electron chi connectivity index (χ4n) is 1.60. The number of nitriles is 1. The molecule has 5 heteroatoms. The fourth-order valence-corrected chi connectivity index (χ4v) is 1.60. The number of rotatable bonds is 4. The van der Waals surface area contributed by atoms with E-state index in [-0.39, 0.29) is 0 Å². The van der Waals surface area contributed by atoms with Gasteiger partial charge in [-0.1, -0.05) is 0 Å². The van der Waals surface area contributed by atoms with Gasteiger partial charge in [0.2, 0.25) is 5.82 Å². The second kappa shape index (κ2) is 5.12. The Morgan fingerprint density at radius 1 is 1.41 bits per heavy atom. The molecule has 0 aromatic carbocycles. The molecule has 2 aromatic rings. The molecule has 0 aliphatic carbocycles. The van der Waals surface area contributed by atoms with Gasteiger partial charge in [-0.25, -0.2) is 4.98 Å². The van der Waals surface area contributed by atoms with Crippen molar-refractivity contribution in [3.63, 3.8) is 0 Å². The van der Waals surface area contributed by atoms with Crippen LogP contribution in [0.4, 0.5) is 5.69 Å². The molecule has 5 nitrogen and oxygen atoms in total. The van der Waals surface area contributed by atoms with Crippen LogP contribution in [0, 0.1) is 11.3 Å². The largest absolute Gasteiger partial charge is 0.385 e. The summed E-state index contributed by atoms with van der Waals surface area (Å²) in [5.74, 6) is 0.403. The van der Waals surface area contributed by atoms with Crippen LogP contribution in [0.2, 0.25) is 0 Å². The van der Waals surface area contributed by atoms with Crippen LogP contribution in [0.5, 0.6) is 0 Å². The van der Waals surface area contributed by atoms with Gasteiger partial charge in [0.15, 0.2) is 0 Å². The SMILES string of the molecule is CCNc1ccnc(Cn2ccnc2C#N)c1. The number of aromatic nitrogens is 3. The monoisotopic (exact) mass is 227 g/mol. The van der Waals surface area contributed by atoms with Crippen LogP contribution in [-0.4, -0.2) is 21.1 Å². The Balaban J connectivity index is 2.19. The van der Waals surface area contributed by atoms with E-state index in [1.165, 1.54) is 0 Å². The van der Waals surface area contributed by atoms with E-state index in [1.807, 2.05) is 25.1 Å². The second-order valence-electron chi connectivity index (χ2n) is 3.56. The first-order valence-electron chi connectivity index (χ1n) is 5.43. The van der Waals surface area contributed by atoms with Gasteiger partial charge in [0.05, 0.1) is 12.2 Å². The van der Waals surface area contributed by atoms with Gasteiger partial charge in [-0.3, -0.25) is 4.98 Å². The van der Waals surface area contributed by atoms with Crippen LogP contribution < -0.4 is 5.32 Å². The predicted molar refractivity (Wildman–Crippen MR) is 64.4 cm³/mol. The normalized spacial score (nSPS) is 9.88. The second-order valence-corrected chi connectivity index (χ2v) is 3.56. The summed E-state index contributed by atoms with van der Waals surface area (Å²) in [4.78, 5) is 8.22. The van der Waals surface area contributed by atoms with Crippen molar-refractivity contribution in [2.45, 2.75) is 13.5 Å². The van der Waals surface area contributed by atoms with Gasteiger partial charge in [0.25, 0.3) is 0 Å². The molecule has 0 unspecified atom stereocenters. The van der Waals surface area contributed by atoms with Crippen LogP contribution in [0.15, 0.2) is 30.7 Å². The molecule has 0 aliphatic heterocycles. The molecule has 2 rings (SSSR count). The Morgan fingerprint density at radius 3 is 3.06 bits per heavy atom.